The van der Waals surface area contributed by atoms with Gasteiger partial charge in [0.05, 0.1) is 5.69 Å². The van der Waals surface area contributed by atoms with Gasteiger partial charge in [0.25, 0.3) is 11.6 Å². The van der Waals surface area contributed by atoms with Crippen LogP contribution in [0, 0.1) is 13.8 Å². The Bertz CT molecular complexity index is 718. The number of amides is 4. The van der Waals surface area contributed by atoms with Gasteiger partial charge >= 0.3 is 12.2 Å². The molecule has 130 valence electrons. The van der Waals surface area contributed by atoms with Crippen molar-refractivity contribution < 1.29 is 27.6 Å². The second kappa shape index (κ2) is 5.81. The molecule has 0 spiro atoms. The predicted molar refractivity (Wildman–Crippen MR) is 79.2 cm³/mol. The summed E-state index contributed by atoms with van der Waals surface area (Å²) in [6, 6.07) is 3.13. The Morgan fingerprint density at radius 3 is 2.38 bits per heavy atom. The maximum absolute atomic E-state index is 13.5. The number of carbonyl (C=O) groups excluding carboxylic acids is 3. The van der Waals surface area contributed by atoms with Gasteiger partial charge in [-0.1, -0.05) is 13.0 Å². The van der Waals surface area contributed by atoms with E-state index in [1.54, 1.807) is 30.5 Å². The van der Waals surface area contributed by atoms with E-state index in [4.69, 9.17) is 0 Å². The minimum atomic E-state index is -5.20. The fraction of sp³-hybridized carbons (Fsp3) is 0.400. The van der Waals surface area contributed by atoms with Crippen molar-refractivity contribution in [2.24, 2.45) is 0 Å². The van der Waals surface area contributed by atoms with E-state index in [2.05, 4.69) is 0 Å². The lowest BCUT2D eigenvalue weighted by molar-refractivity contribution is -0.201. The highest BCUT2D eigenvalue weighted by atomic mass is 19.4. The van der Waals surface area contributed by atoms with Crippen molar-refractivity contribution in [1.29, 1.82) is 0 Å². The van der Waals surface area contributed by atoms with E-state index in [1.165, 1.54) is 19.1 Å². The fourth-order valence-corrected chi connectivity index (χ4v) is 2.27. The zero-order valence-electron chi connectivity index (χ0n) is 13.2. The van der Waals surface area contributed by atoms with Gasteiger partial charge in [-0.05, 0) is 37.1 Å². The Morgan fingerprint density at radius 1 is 1.25 bits per heavy atom. The van der Waals surface area contributed by atoms with Crippen molar-refractivity contribution in [3.8, 4) is 0 Å². The zero-order valence-corrected chi connectivity index (χ0v) is 13.2. The van der Waals surface area contributed by atoms with E-state index >= 15 is 0 Å². The lowest BCUT2D eigenvalue weighted by Gasteiger charge is -2.29. The van der Waals surface area contributed by atoms with Gasteiger partial charge in [-0.15, -0.1) is 0 Å². The lowest BCUT2D eigenvalue weighted by Crippen LogP contribution is -2.69. The van der Waals surface area contributed by atoms with Crippen molar-refractivity contribution >= 4 is 23.5 Å². The molecule has 1 saturated heterocycles. The quantitative estimate of drug-likeness (QED) is 0.826. The third-order valence-corrected chi connectivity index (χ3v) is 3.84. The molecule has 0 aromatic heterocycles. The van der Waals surface area contributed by atoms with Gasteiger partial charge in [-0.25, -0.2) is 9.69 Å². The maximum atomic E-state index is 13.5. The highest BCUT2D eigenvalue weighted by Gasteiger charge is 2.69. The number of carbonyl (C=O) groups is 3. The summed E-state index contributed by atoms with van der Waals surface area (Å²) in [5.74, 6) is -2.60. The molecule has 0 unspecified atom stereocenters. The van der Waals surface area contributed by atoms with Crippen molar-refractivity contribution in [1.82, 2.24) is 10.6 Å². The number of benzene rings is 1. The van der Waals surface area contributed by atoms with Crippen LogP contribution in [0.3, 0.4) is 0 Å². The van der Waals surface area contributed by atoms with Gasteiger partial charge in [0.15, 0.2) is 0 Å². The highest BCUT2D eigenvalue weighted by Crippen LogP contribution is 2.36. The van der Waals surface area contributed by atoms with Crippen LogP contribution >= 0.6 is 0 Å². The Kier molecular flexibility index (Phi) is 4.30. The van der Waals surface area contributed by atoms with Gasteiger partial charge in [0.2, 0.25) is 5.91 Å². The molecule has 1 aliphatic heterocycles. The average molecular weight is 343 g/mol. The van der Waals surface area contributed by atoms with Gasteiger partial charge in [-0.2, -0.15) is 13.2 Å². The van der Waals surface area contributed by atoms with Crippen LogP contribution in [-0.4, -0.2) is 29.7 Å². The molecule has 2 rings (SSSR count). The largest absolute Gasteiger partial charge is 0.440 e. The fourth-order valence-electron chi connectivity index (χ4n) is 2.27. The standard InChI is InChI=1S/C15H16F3N3O3/c1-4-11(22)19-14(15(16,17)18)12(23)21(13(24)20-14)10-6-5-8(2)9(3)7-10/h5-7H,4H2,1-3H3,(H,19,22)(H,20,24)/t14-/m1/s1. The molecule has 4 amide bonds. The molecule has 0 saturated carbocycles. The molecule has 1 fully saturated rings. The summed E-state index contributed by atoms with van der Waals surface area (Å²) in [6.45, 7) is 4.82. The number of urea groups is 1. The normalized spacial score (nSPS) is 21.0. The van der Waals surface area contributed by atoms with E-state index in [1.807, 2.05) is 0 Å². The summed E-state index contributed by atoms with van der Waals surface area (Å²) in [7, 11) is 0. The number of nitrogens with one attached hydrogen (secondary N) is 2. The molecular formula is C15H16F3N3O3. The zero-order chi connectivity index (χ0) is 18.3. The molecule has 1 aromatic rings. The number of alkyl halides is 3. The summed E-state index contributed by atoms with van der Waals surface area (Å²) in [6.07, 6.45) is -5.47. The molecule has 24 heavy (non-hydrogen) atoms. The average Bonchev–Trinajstić information content (AvgIpc) is 2.73. The van der Waals surface area contributed by atoms with E-state index in [9.17, 15) is 27.6 Å². The minimum absolute atomic E-state index is 0.00234. The minimum Gasteiger partial charge on any atom is -0.318 e. The van der Waals surface area contributed by atoms with Crippen molar-refractivity contribution in [2.45, 2.75) is 39.0 Å². The smallest absolute Gasteiger partial charge is 0.318 e. The summed E-state index contributed by atoms with van der Waals surface area (Å²) < 4.78 is 40.5. The van der Waals surface area contributed by atoms with Crippen molar-refractivity contribution in [3.63, 3.8) is 0 Å². The molecule has 0 aliphatic carbocycles. The molecule has 1 aliphatic rings. The SMILES string of the molecule is CCC(=O)N[C@@]1(C(F)(F)F)NC(=O)N(c2ccc(C)c(C)c2)C1=O. The van der Waals surface area contributed by atoms with E-state index in [-0.39, 0.29) is 12.1 Å². The number of rotatable bonds is 3. The third kappa shape index (κ3) is 2.70. The highest BCUT2D eigenvalue weighted by molar-refractivity contribution is 6.24. The van der Waals surface area contributed by atoms with Crippen LogP contribution in [-0.2, 0) is 9.59 Å². The van der Waals surface area contributed by atoms with Crippen LogP contribution in [0.15, 0.2) is 18.2 Å². The Morgan fingerprint density at radius 2 is 1.88 bits per heavy atom. The van der Waals surface area contributed by atoms with E-state index in [0.29, 0.717) is 10.5 Å². The first-order valence-corrected chi connectivity index (χ1v) is 7.15. The molecule has 1 heterocycles. The van der Waals surface area contributed by atoms with Crippen LogP contribution in [0.4, 0.5) is 23.7 Å². The number of halogens is 3. The Hall–Kier alpha value is -2.58. The van der Waals surface area contributed by atoms with Crippen molar-refractivity contribution in [2.75, 3.05) is 4.90 Å². The topological polar surface area (TPSA) is 78.5 Å². The lowest BCUT2D eigenvalue weighted by atomic mass is 10.1. The monoisotopic (exact) mass is 343 g/mol. The number of anilines is 1. The molecule has 0 bridgehead atoms. The van der Waals surface area contributed by atoms with Gasteiger partial charge < -0.3 is 5.32 Å². The second-order valence-electron chi connectivity index (χ2n) is 5.49. The molecule has 0 radical (unpaired) electrons. The number of nitrogens with zero attached hydrogens (tertiary/aromatic N) is 1. The summed E-state index contributed by atoms with van der Waals surface area (Å²) in [5.41, 5.74) is -1.91. The maximum Gasteiger partial charge on any atom is 0.440 e. The summed E-state index contributed by atoms with van der Waals surface area (Å²) in [4.78, 5) is 36.4. The Labute approximate surface area is 136 Å². The number of imide groups is 1. The Balaban J connectivity index is 2.51. The van der Waals surface area contributed by atoms with Gasteiger partial charge in [0.1, 0.15) is 0 Å². The molecule has 9 heteroatoms. The first-order chi connectivity index (χ1) is 11.0. The number of hydrogen-bond acceptors (Lipinski definition) is 3. The first-order valence-electron chi connectivity index (χ1n) is 7.15. The van der Waals surface area contributed by atoms with Crippen LogP contribution < -0.4 is 15.5 Å². The van der Waals surface area contributed by atoms with Crippen LogP contribution in [0.5, 0.6) is 0 Å². The summed E-state index contributed by atoms with van der Waals surface area (Å²) in [5, 5.41) is 3.19. The number of hydrogen-bond donors (Lipinski definition) is 2. The molecule has 1 aromatic carbocycles. The first kappa shape index (κ1) is 17.8. The van der Waals surface area contributed by atoms with Gasteiger partial charge in [-0.3, -0.25) is 14.9 Å². The van der Waals surface area contributed by atoms with Crippen molar-refractivity contribution in [3.05, 3.63) is 29.3 Å². The van der Waals surface area contributed by atoms with Gasteiger partial charge in [0, 0.05) is 6.42 Å². The summed E-state index contributed by atoms with van der Waals surface area (Å²) >= 11 is 0. The van der Waals surface area contributed by atoms with Crippen LogP contribution in [0.25, 0.3) is 0 Å². The number of aryl methyl sites for hydroxylation is 2. The van der Waals surface area contributed by atoms with E-state index in [0.717, 1.165) is 5.56 Å². The molecule has 2 N–H and O–H groups in total. The van der Waals surface area contributed by atoms with Crippen LogP contribution in [0.1, 0.15) is 24.5 Å². The second-order valence-corrected chi connectivity index (χ2v) is 5.49. The molecular weight excluding hydrogens is 327 g/mol. The van der Waals surface area contributed by atoms with E-state index < -0.39 is 29.7 Å². The third-order valence-electron chi connectivity index (χ3n) is 3.84. The predicted octanol–water partition coefficient (Wildman–Crippen LogP) is 2.14. The molecule has 6 nitrogen and oxygen atoms in total. The molecule has 1 atom stereocenters. The van der Waals surface area contributed by atoms with Crippen LogP contribution in [0.2, 0.25) is 0 Å².